The number of nitrogens with one attached hydrogen (secondary N) is 1. The molecule has 150 valence electrons. The van der Waals surface area contributed by atoms with Crippen LogP contribution in [0.4, 0.5) is 5.69 Å². The van der Waals surface area contributed by atoms with E-state index in [9.17, 15) is 14.9 Å². The molecule has 9 heteroatoms. The standard InChI is InChI=1S/C19H20ClN3O4.ClH/c1-2-27-18-7-6-14(11-16(18)23(25)26)19(24)22-9-8-21-12-17(22)13-4-3-5-15(20)10-13;/h3-7,10-11,17,21H,2,8-9,12H2,1H3;1H. The van der Waals surface area contributed by atoms with Crippen molar-refractivity contribution in [2.75, 3.05) is 26.2 Å². The van der Waals surface area contributed by atoms with Gasteiger partial charge in [0.25, 0.3) is 5.91 Å². The van der Waals surface area contributed by atoms with Gasteiger partial charge in [0.15, 0.2) is 5.75 Å². The first kappa shape index (κ1) is 21.9. The Balaban J connectivity index is 0.00000280. The van der Waals surface area contributed by atoms with Crippen LogP contribution in [0.2, 0.25) is 5.02 Å². The SMILES string of the molecule is CCOc1ccc(C(=O)N2CCNCC2c2cccc(Cl)c2)cc1[N+](=O)[O-].Cl. The molecular weight excluding hydrogens is 405 g/mol. The van der Waals surface area contributed by atoms with E-state index in [2.05, 4.69) is 5.32 Å². The molecule has 1 unspecified atom stereocenters. The summed E-state index contributed by atoms with van der Waals surface area (Å²) in [5.41, 5.74) is 0.972. The highest BCUT2D eigenvalue weighted by Gasteiger charge is 2.30. The highest BCUT2D eigenvalue weighted by Crippen LogP contribution is 2.31. The summed E-state index contributed by atoms with van der Waals surface area (Å²) < 4.78 is 5.29. The van der Waals surface area contributed by atoms with Crippen LogP contribution >= 0.6 is 24.0 Å². The van der Waals surface area contributed by atoms with E-state index in [0.717, 1.165) is 5.56 Å². The van der Waals surface area contributed by atoms with Crippen LogP contribution in [0.3, 0.4) is 0 Å². The van der Waals surface area contributed by atoms with Crippen molar-refractivity contribution in [3.63, 3.8) is 0 Å². The maximum atomic E-state index is 13.1. The molecule has 1 saturated heterocycles. The Morgan fingerprint density at radius 3 is 2.82 bits per heavy atom. The maximum Gasteiger partial charge on any atom is 0.311 e. The smallest absolute Gasteiger partial charge is 0.311 e. The molecule has 28 heavy (non-hydrogen) atoms. The van der Waals surface area contributed by atoms with Crippen molar-refractivity contribution in [3.8, 4) is 5.75 Å². The highest BCUT2D eigenvalue weighted by molar-refractivity contribution is 6.30. The normalized spacial score (nSPS) is 16.2. The lowest BCUT2D eigenvalue weighted by Gasteiger charge is -2.36. The van der Waals surface area contributed by atoms with Gasteiger partial charge in [0.1, 0.15) is 0 Å². The number of piperazine rings is 1. The van der Waals surface area contributed by atoms with E-state index in [-0.39, 0.29) is 41.4 Å². The van der Waals surface area contributed by atoms with E-state index in [1.54, 1.807) is 24.0 Å². The molecular formula is C19H21Cl2N3O4. The summed E-state index contributed by atoms with van der Waals surface area (Å²) in [7, 11) is 0. The Kier molecular flexibility index (Phi) is 7.62. The maximum absolute atomic E-state index is 13.1. The van der Waals surface area contributed by atoms with E-state index in [1.165, 1.54) is 12.1 Å². The molecule has 3 rings (SSSR count). The van der Waals surface area contributed by atoms with Gasteiger partial charge in [0, 0.05) is 36.3 Å². The van der Waals surface area contributed by atoms with E-state index < -0.39 is 4.92 Å². The molecule has 0 aliphatic carbocycles. The second kappa shape index (κ2) is 9.73. The van der Waals surface area contributed by atoms with Gasteiger partial charge in [-0.1, -0.05) is 23.7 Å². The molecule has 0 spiro atoms. The number of nitrogens with zero attached hydrogens (tertiary/aromatic N) is 2. The first-order valence-corrected chi connectivity index (χ1v) is 9.07. The molecule has 1 fully saturated rings. The highest BCUT2D eigenvalue weighted by atomic mass is 35.5. The van der Waals surface area contributed by atoms with Gasteiger partial charge in [-0.25, -0.2) is 0 Å². The first-order chi connectivity index (χ1) is 13.0. The number of amides is 1. The van der Waals surface area contributed by atoms with Gasteiger partial charge < -0.3 is 15.0 Å². The molecule has 2 aromatic carbocycles. The molecule has 2 aromatic rings. The number of hydrogen-bond donors (Lipinski definition) is 1. The van der Waals surface area contributed by atoms with Crippen molar-refractivity contribution in [1.29, 1.82) is 0 Å². The summed E-state index contributed by atoms with van der Waals surface area (Å²) >= 11 is 6.10. The monoisotopic (exact) mass is 425 g/mol. The molecule has 1 aliphatic rings. The average molecular weight is 426 g/mol. The Morgan fingerprint density at radius 2 is 2.14 bits per heavy atom. The van der Waals surface area contributed by atoms with Crippen LogP contribution in [0, 0.1) is 10.1 Å². The van der Waals surface area contributed by atoms with Crippen LogP contribution in [0.15, 0.2) is 42.5 Å². The predicted octanol–water partition coefficient (Wildman–Crippen LogP) is 3.86. The number of rotatable bonds is 5. The average Bonchev–Trinajstić information content (AvgIpc) is 2.68. The Bertz CT molecular complexity index is 863. The fourth-order valence-electron chi connectivity index (χ4n) is 3.20. The quantitative estimate of drug-likeness (QED) is 0.580. The summed E-state index contributed by atoms with van der Waals surface area (Å²) in [6, 6.07) is 11.5. The van der Waals surface area contributed by atoms with Crippen molar-refractivity contribution in [3.05, 3.63) is 68.7 Å². The third-order valence-electron chi connectivity index (χ3n) is 4.44. The predicted molar refractivity (Wildman–Crippen MR) is 110 cm³/mol. The zero-order valence-electron chi connectivity index (χ0n) is 15.3. The summed E-state index contributed by atoms with van der Waals surface area (Å²) in [5.74, 6) is -0.0987. The zero-order valence-corrected chi connectivity index (χ0v) is 16.8. The lowest BCUT2D eigenvalue weighted by atomic mass is 10.0. The van der Waals surface area contributed by atoms with Gasteiger partial charge in [-0.05, 0) is 36.8 Å². The van der Waals surface area contributed by atoms with Crippen molar-refractivity contribution in [2.24, 2.45) is 0 Å². The molecule has 0 bridgehead atoms. The molecule has 0 saturated carbocycles. The van der Waals surface area contributed by atoms with Gasteiger partial charge in [-0.15, -0.1) is 12.4 Å². The van der Waals surface area contributed by atoms with Gasteiger partial charge in [0.05, 0.1) is 17.6 Å². The summed E-state index contributed by atoms with van der Waals surface area (Å²) in [4.78, 5) is 25.7. The van der Waals surface area contributed by atoms with Gasteiger partial charge in [-0.3, -0.25) is 14.9 Å². The number of nitro benzene ring substituents is 1. The van der Waals surface area contributed by atoms with Crippen LogP contribution < -0.4 is 10.1 Å². The Hall–Kier alpha value is -2.35. The Labute approximate surface area is 174 Å². The van der Waals surface area contributed by atoms with Gasteiger partial charge >= 0.3 is 5.69 Å². The largest absolute Gasteiger partial charge is 0.487 e. The minimum Gasteiger partial charge on any atom is -0.487 e. The van der Waals surface area contributed by atoms with Crippen molar-refractivity contribution in [1.82, 2.24) is 10.2 Å². The lowest BCUT2D eigenvalue weighted by molar-refractivity contribution is -0.385. The molecule has 1 N–H and O–H groups in total. The third-order valence-corrected chi connectivity index (χ3v) is 4.68. The van der Waals surface area contributed by atoms with E-state index in [1.807, 2.05) is 18.2 Å². The summed E-state index contributed by atoms with van der Waals surface area (Å²) in [6.45, 7) is 3.80. The van der Waals surface area contributed by atoms with Crippen molar-refractivity contribution >= 4 is 35.6 Å². The fraction of sp³-hybridized carbons (Fsp3) is 0.316. The Morgan fingerprint density at radius 1 is 1.36 bits per heavy atom. The van der Waals surface area contributed by atoms with E-state index in [0.29, 0.717) is 31.3 Å². The number of ether oxygens (including phenoxy) is 1. The number of halogens is 2. The third kappa shape index (κ3) is 4.73. The van der Waals surface area contributed by atoms with Crippen LogP contribution in [0.1, 0.15) is 28.9 Å². The zero-order chi connectivity index (χ0) is 19.4. The van der Waals surface area contributed by atoms with Crippen LogP contribution in [0.25, 0.3) is 0 Å². The number of carbonyl (C=O) groups excluding carboxylic acids is 1. The minimum atomic E-state index is -0.534. The van der Waals surface area contributed by atoms with Crippen molar-refractivity contribution in [2.45, 2.75) is 13.0 Å². The van der Waals surface area contributed by atoms with Crippen LogP contribution in [-0.4, -0.2) is 42.0 Å². The minimum absolute atomic E-state index is 0. The second-order valence-electron chi connectivity index (χ2n) is 6.15. The van der Waals surface area contributed by atoms with Gasteiger partial charge in [-0.2, -0.15) is 0 Å². The molecule has 1 atom stereocenters. The summed E-state index contributed by atoms with van der Waals surface area (Å²) in [6.07, 6.45) is 0. The summed E-state index contributed by atoms with van der Waals surface area (Å²) in [5, 5.41) is 15.2. The van der Waals surface area contributed by atoms with Gasteiger partial charge in [0.2, 0.25) is 0 Å². The van der Waals surface area contributed by atoms with Crippen molar-refractivity contribution < 1.29 is 14.5 Å². The molecule has 7 nitrogen and oxygen atoms in total. The van der Waals surface area contributed by atoms with Crippen LogP contribution in [0.5, 0.6) is 5.75 Å². The number of benzene rings is 2. The molecule has 1 amide bonds. The number of nitro groups is 1. The molecule has 1 aliphatic heterocycles. The second-order valence-corrected chi connectivity index (χ2v) is 6.58. The van der Waals surface area contributed by atoms with E-state index in [4.69, 9.17) is 16.3 Å². The fourth-order valence-corrected chi connectivity index (χ4v) is 3.39. The van der Waals surface area contributed by atoms with E-state index >= 15 is 0 Å². The number of carbonyl (C=O) groups is 1. The molecule has 0 aromatic heterocycles. The molecule has 0 radical (unpaired) electrons. The topological polar surface area (TPSA) is 84.7 Å². The molecule has 1 heterocycles. The van der Waals surface area contributed by atoms with Crippen LogP contribution in [-0.2, 0) is 0 Å². The number of hydrogen-bond acceptors (Lipinski definition) is 5. The lowest BCUT2D eigenvalue weighted by Crippen LogP contribution is -2.48. The first-order valence-electron chi connectivity index (χ1n) is 8.69.